The van der Waals surface area contributed by atoms with Crippen LogP contribution in [0.15, 0.2) is 71.7 Å². The Morgan fingerprint density at radius 1 is 1.26 bits per heavy atom. The van der Waals surface area contributed by atoms with Crippen molar-refractivity contribution in [2.45, 2.75) is 12.8 Å². The highest BCUT2D eigenvalue weighted by Crippen LogP contribution is 2.47. The van der Waals surface area contributed by atoms with Crippen LogP contribution in [0, 0.1) is 11.2 Å². The molecular formula is C25H26FN7OS. The number of aromatic nitrogens is 3. The van der Waals surface area contributed by atoms with Gasteiger partial charge in [0.25, 0.3) is 0 Å². The average molecular weight is 492 g/mol. The summed E-state index contributed by atoms with van der Waals surface area (Å²) in [6, 6.07) is 11.6. The maximum Gasteiger partial charge on any atom is 0.192 e. The van der Waals surface area contributed by atoms with Crippen molar-refractivity contribution < 1.29 is 9.18 Å². The van der Waals surface area contributed by atoms with Crippen LogP contribution < -0.4 is 11.6 Å². The average Bonchev–Trinajstić information content (AvgIpc) is 3.28. The molecule has 0 saturated carbocycles. The predicted octanol–water partition coefficient (Wildman–Crippen LogP) is 3.13. The number of hydrazine groups is 1. The first-order valence-corrected chi connectivity index (χ1v) is 12.0. The van der Waals surface area contributed by atoms with E-state index in [4.69, 9.17) is 11.6 Å². The van der Waals surface area contributed by atoms with Gasteiger partial charge in [0.1, 0.15) is 16.5 Å². The summed E-state index contributed by atoms with van der Waals surface area (Å²) in [5, 5.41) is 6.74. The predicted molar refractivity (Wildman–Crippen MR) is 134 cm³/mol. The minimum Gasteiger partial charge on any atom is -0.402 e. The number of hydrogen-bond acceptors (Lipinski definition) is 8. The quantitative estimate of drug-likeness (QED) is 0.234. The molecule has 10 heteroatoms. The standard InChI is InChI=1S/C25H26FN7OS/c1-31(28)23(14-27)35-32-11-9-18-12-22-17(15-30-33(22)20-7-5-19(26)6-8-20)13-25(18,16-32)24(34)21-4-2-3-10-29-21/h2-8,10,12,14-15H,9,11,13,16,27-28H2,1H3/b23-14+. The fourth-order valence-electron chi connectivity index (χ4n) is 4.77. The summed E-state index contributed by atoms with van der Waals surface area (Å²) in [6.45, 7) is 1.20. The summed E-state index contributed by atoms with van der Waals surface area (Å²) in [7, 11) is 1.73. The Labute approximate surface area is 207 Å². The summed E-state index contributed by atoms with van der Waals surface area (Å²) in [5.41, 5.74) is 9.11. The SMILES string of the molecule is CN(N)/C(=C\N)SN1CCC2=Cc3c(cnn3-c3ccc(F)cc3)CC2(C(=O)c2ccccn2)C1. The van der Waals surface area contributed by atoms with Crippen molar-refractivity contribution in [1.82, 2.24) is 24.1 Å². The zero-order valence-electron chi connectivity index (χ0n) is 19.3. The van der Waals surface area contributed by atoms with Crippen molar-refractivity contribution in [1.29, 1.82) is 0 Å². The minimum absolute atomic E-state index is 0.0192. The normalized spacial score (nSPS) is 20.1. The van der Waals surface area contributed by atoms with E-state index in [0.717, 1.165) is 29.1 Å². The zero-order valence-corrected chi connectivity index (χ0v) is 20.1. The molecule has 3 heterocycles. The topological polar surface area (TPSA) is 106 Å². The van der Waals surface area contributed by atoms with Gasteiger partial charge in [-0.05, 0) is 72.8 Å². The molecule has 35 heavy (non-hydrogen) atoms. The van der Waals surface area contributed by atoms with E-state index in [1.165, 1.54) is 35.3 Å². The van der Waals surface area contributed by atoms with E-state index >= 15 is 0 Å². The summed E-state index contributed by atoms with van der Waals surface area (Å²) in [4.78, 5) is 18.4. The highest BCUT2D eigenvalue weighted by atomic mass is 32.2. The number of benzene rings is 1. The Hall–Kier alpha value is -3.47. The molecule has 1 saturated heterocycles. The Balaban J connectivity index is 1.56. The second-order valence-corrected chi connectivity index (χ2v) is 9.85. The van der Waals surface area contributed by atoms with Gasteiger partial charge in [0.05, 0.1) is 23.0 Å². The summed E-state index contributed by atoms with van der Waals surface area (Å²) < 4.78 is 17.4. The van der Waals surface area contributed by atoms with Crippen LogP contribution in [-0.2, 0) is 6.42 Å². The monoisotopic (exact) mass is 491 g/mol. The second-order valence-electron chi connectivity index (χ2n) is 8.74. The number of halogens is 1. The highest BCUT2D eigenvalue weighted by Gasteiger charge is 2.49. The van der Waals surface area contributed by atoms with Crippen LogP contribution in [0.5, 0.6) is 0 Å². The summed E-state index contributed by atoms with van der Waals surface area (Å²) >= 11 is 1.44. The zero-order chi connectivity index (χ0) is 24.6. The number of carbonyl (C=O) groups excluding carboxylic acids is 1. The number of nitrogens with two attached hydrogens (primary N) is 2. The fraction of sp³-hybridized carbons (Fsp3) is 0.240. The third-order valence-corrected chi connectivity index (χ3v) is 7.68. The molecular weight excluding hydrogens is 465 g/mol. The van der Waals surface area contributed by atoms with Crippen LogP contribution in [0.4, 0.5) is 4.39 Å². The third kappa shape index (κ3) is 4.24. The van der Waals surface area contributed by atoms with Crippen LogP contribution in [0.2, 0.25) is 0 Å². The molecule has 8 nitrogen and oxygen atoms in total. The third-order valence-electron chi connectivity index (χ3n) is 6.50. The van der Waals surface area contributed by atoms with Gasteiger partial charge in [-0.15, -0.1) is 0 Å². The molecule has 1 atom stereocenters. The Morgan fingerprint density at radius 3 is 2.74 bits per heavy atom. The van der Waals surface area contributed by atoms with E-state index < -0.39 is 5.41 Å². The minimum atomic E-state index is -0.795. The first-order chi connectivity index (χ1) is 16.9. The van der Waals surface area contributed by atoms with E-state index in [0.29, 0.717) is 30.1 Å². The van der Waals surface area contributed by atoms with Gasteiger partial charge < -0.3 is 10.7 Å². The Kier molecular flexibility index (Phi) is 6.18. The van der Waals surface area contributed by atoms with Crippen molar-refractivity contribution >= 4 is 23.8 Å². The van der Waals surface area contributed by atoms with Gasteiger partial charge in [-0.25, -0.2) is 19.2 Å². The first-order valence-electron chi connectivity index (χ1n) is 11.2. The molecule has 0 spiro atoms. The molecule has 1 unspecified atom stereocenters. The van der Waals surface area contributed by atoms with E-state index in [-0.39, 0.29) is 11.6 Å². The molecule has 1 aliphatic carbocycles. The number of nitrogens with zero attached hydrogens (tertiary/aromatic N) is 5. The lowest BCUT2D eigenvalue weighted by Crippen LogP contribution is -2.50. The van der Waals surface area contributed by atoms with Crippen LogP contribution in [0.1, 0.15) is 28.2 Å². The largest absolute Gasteiger partial charge is 0.402 e. The van der Waals surface area contributed by atoms with E-state index in [1.807, 2.05) is 6.07 Å². The molecule has 0 bridgehead atoms. The molecule has 1 aliphatic heterocycles. The number of ketones is 1. The molecule has 2 aliphatic rings. The Morgan fingerprint density at radius 2 is 2.06 bits per heavy atom. The molecule has 1 fully saturated rings. The van der Waals surface area contributed by atoms with E-state index in [9.17, 15) is 9.18 Å². The van der Waals surface area contributed by atoms with Crippen molar-refractivity contribution in [3.8, 4) is 5.69 Å². The van der Waals surface area contributed by atoms with Gasteiger partial charge in [0.15, 0.2) is 5.78 Å². The number of hydrogen-bond donors (Lipinski definition) is 2. The Bertz CT molecular complexity index is 1300. The molecule has 1 aromatic carbocycles. The van der Waals surface area contributed by atoms with E-state index in [2.05, 4.69) is 20.5 Å². The highest BCUT2D eigenvalue weighted by molar-refractivity contribution is 8.00. The van der Waals surface area contributed by atoms with Crippen LogP contribution in [0.25, 0.3) is 11.8 Å². The van der Waals surface area contributed by atoms with Crippen LogP contribution >= 0.6 is 11.9 Å². The summed E-state index contributed by atoms with van der Waals surface area (Å²) in [5.74, 6) is 5.61. The molecule has 5 rings (SSSR count). The van der Waals surface area contributed by atoms with Crippen molar-refractivity contribution in [2.75, 3.05) is 20.1 Å². The molecule has 4 N–H and O–H groups in total. The van der Waals surface area contributed by atoms with Crippen molar-refractivity contribution in [2.24, 2.45) is 17.0 Å². The molecule has 0 amide bonds. The van der Waals surface area contributed by atoms with Gasteiger partial charge in [-0.2, -0.15) is 5.10 Å². The number of fused-ring (bicyclic) bond motifs is 2. The van der Waals surface area contributed by atoms with Crippen LogP contribution in [-0.4, -0.2) is 50.0 Å². The van der Waals surface area contributed by atoms with Gasteiger partial charge in [-0.3, -0.25) is 9.78 Å². The van der Waals surface area contributed by atoms with E-state index in [1.54, 1.807) is 48.4 Å². The van der Waals surface area contributed by atoms with Crippen molar-refractivity contribution in [3.63, 3.8) is 0 Å². The second kappa shape index (κ2) is 9.29. The number of pyridine rings is 1. The van der Waals surface area contributed by atoms with Crippen molar-refractivity contribution in [3.05, 3.63) is 94.4 Å². The number of carbonyl (C=O) groups is 1. The first kappa shape index (κ1) is 23.3. The molecule has 2 aromatic heterocycles. The van der Waals surface area contributed by atoms with Gasteiger partial charge in [0.2, 0.25) is 0 Å². The van der Waals surface area contributed by atoms with Gasteiger partial charge in [-0.1, -0.05) is 11.6 Å². The molecule has 0 radical (unpaired) electrons. The maximum absolute atomic E-state index is 14.0. The number of Topliss-reactive ketones (excluding diaryl/α,β-unsaturated/α-hetero) is 1. The smallest absolute Gasteiger partial charge is 0.192 e. The van der Waals surface area contributed by atoms with Gasteiger partial charge in [0, 0.05) is 32.5 Å². The lowest BCUT2D eigenvalue weighted by atomic mass is 9.65. The lowest BCUT2D eigenvalue weighted by molar-refractivity contribution is 0.0775. The molecule has 3 aromatic rings. The van der Waals surface area contributed by atoms with Gasteiger partial charge >= 0.3 is 0 Å². The molecule has 180 valence electrons. The number of piperidine rings is 1. The van der Waals surface area contributed by atoms with Crippen LogP contribution in [0.3, 0.4) is 0 Å². The lowest BCUT2D eigenvalue weighted by Gasteiger charge is -2.45. The fourth-order valence-corrected chi connectivity index (χ4v) is 5.69. The number of rotatable bonds is 6. The maximum atomic E-state index is 14.0. The summed E-state index contributed by atoms with van der Waals surface area (Å²) in [6.07, 6.45) is 8.15.